The zero-order valence-corrected chi connectivity index (χ0v) is 24.4. The van der Waals surface area contributed by atoms with Crippen molar-refractivity contribution in [1.29, 1.82) is 0 Å². The van der Waals surface area contributed by atoms with Crippen molar-refractivity contribution < 1.29 is 46.6 Å². The lowest BCUT2D eigenvalue weighted by atomic mass is 9.91. The number of benzene rings is 2. The molecule has 0 saturated carbocycles. The maximum absolute atomic E-state index is 13.8. The van der Waals surface area contributed by atoms with Gasteiger partial charge in [0.05, 0.1) is 5.54 Å². The smallest absolute Gasteiger partial charge is 0.419 e. The summed E-state index contributed by atoms with van der Waals surface area (Å²) in [4.78, 5) is 65.1. The van der Waals surface area contributed by atoms with Gasteiger partial charge in [-0.1, -0.05) is 18.2 Å². The molecular formula is C27H29FN6O9S. The molecule has 6 amide bonds. The van der Waals surface area contributed by atoms with Crippen molar-refractivity contribution in [2.45, 2.75) is 37.5 Å². The molecule has 0 aromatic heterocycles. The molecule has 1 spiro atoms. The molecule has 4 N–H and O–H groups in total. The molecule has 2 fully saturated rings. The Morgan fingerprint density at radius 1 is 1.11 bits per heavy atom. The second kappa shape index (κ2) is 11.1. The molecular weight excluding hydrogens is 603 g/mol. The molecule has 0 radical (unpaired) electrons. The monoisotopic (exact) mass is 632 g/mol. The lowest BCUT2D eigenvalue weighted by molar-refractivity contribution is -0.148. The first-order valence-corrected chi connectivity index (χ1v) is 14.8. The number of nitrogens with one attached hydrogen (secondary N) is 3. The third-order valence-electron chi connectivity index (χ3n) is 7.93. The fourth-order valence-electron chi connectivity index (χ4n) is 5.73. The van der Waals surface area contributed by atoms with E-state index in [-0.39, 0.29) is 26.1 Å². The van der Waals surface area contributed by atoms with Crippen LogP contribution in [0.15, 0.2) is 42.5 Å². The van der Waals surface area contributed by atoms with Gasteiger partial charge in [-0.25, -0.2) is 28.4 Å². The highest BCUT2D eigenvalue weighted by atomic mass is 32.2. The van der Waals surface area contributed by atoms with Gasteiger partial charge in [0, 0.05) is 44.4 Å². The molecule has 1 aliphatic carbocycles. The summed E-state index contributed by atoms with van der Waals surface area (Å²) >= 11 is 0. The molecule has 234 valence electrons. The Kier molecular flexibility index (Phi) is 7.71. The van der Waals surface area contributed by atoms with Crippen molar-refractivity contribution in [3.63, 3.8) is 0 Å². The van der Waals surface area contributed by atoms with Crippen molar-refractivity contribution in [3.8, 4) is 0 Å². The van der Waals surface area contributed by atoms with Crippen LogP contribution in [0, 0.1) is 5.82 Å². The van der Waals surface area contributed by atoms with Crippen LogP contribution in [0.4, 0.5) is 24.5 Å². The lowest BCUT2D eigenvalue weighted by Crippen LogP contribution is -2.72. The number of aryl methyl sites for hydroxylation is 1. The lowest BCUT2D eigenvalue weighted by Gasteiger charge is -2.52. The number of ether oxygens (including phenoxy) is 1. The standard InChI is InChI=1S/C27H29FN6O9S/c1-26(14-32(15-26)44(41,42)31-24(38)39)34(12-16-3-5-18(28)6-4-16)21(35)13-33-22(36)27(43-25(33)40)10-9-17-11-19(7-8-20(17)27)30-23(37)29-2/h3-8,11,31H,9-10,12-15H2,1-2H3,(H,38,39)(H2,29,30,37)/t27-/m0/s1. The Hall–Kier alpha value is -4.77. The summed E-state index contributed by atoms with van der Waals surface area (Å²) in [6, 6.07) is 9.64. The van der Waals surface area contributed by atoms with E-state index in [1.54, 1.807) is 25.1 Å². The van der Waals surface area contributed by atoms with E-state index in [0.717, 1.165) is 4.31 Å². The van der Waals surface area contributed by atoms with Crippen molar-refractivity contribution in [2.24, 2.45) is 0 Å². The average molecular weight is 633 g/mol. The number of imide groups is 1. The molecule has 2 aromatic rings. The minimum Gasteiger partial charge on any atom is -0.464 e. The number of amides is 6. The molecule has 17 heteroatoms. The van der Waals surface area contributed by atoms with E-state index in [2.05, 4.69) is 10.6 Å². The van der Waals surface area contributed by atoms with Gasteiger partial charge in [0.2, 0.25) is 11.5 Å². The second-order valence-electron chi connectivity index (χ2n) is 10.9. The van der Waals surface area contributed by atoms with Gasteiger partial charge < -0.3 is 25.4 Å². The number of rotatable bonds is 8. The van der Waals surface area contributed by atoms with Crippen molar-refractivity contribution in [1.82, 2.24) is 24.1 Å². The second-order valence-corrected chi connectivity index (χ2v) is 12.6. The average Bonchev–Trinajstić information content (AvgIpc) is 3.41. The quantitative estimate of drug-likeness (QED) is 0.332. The summed E-state index contributed by atoms with van der Waals surface area (Å²) in [6.45, 7) is 0.157. The Morgan fingerprint density at radius 3 is 2.43 bits per heavy atom. The molecule has 15 nitrogen and oxygen atoms in total. The number of carbonyl (C=O) groups is 5. The van der Waals surface area contributed by atoms with Crippen LogP contribution in [-0.4, -0.2) is 89.9 Å². The van der Waals surface area contributed by atoms with Crippen molar-refractivity contribution in [3.05, 3.63) is 65.0 Å². The summed E-state index contributed by atoms with van der Waals surface area (Å²) in [5, 5.41) is 13.9. The van der Waals surface area contributed by atoms with Gasteiger partial charge >= 0.3 is 28.4 Å². The first-order chi connectivity index (χ1) is 20.7. The van der Waals surface area contributed by atoms with Crippen molar-refractivity contribution >= 4 is 45.9 Å². The number of hydrogen-bond donors (Lipinski definition) is 4. The zero-order valence-electron chi connectivity index (χ0n) is 23.6. The number of halogens is 1. The third kappa shape index (κ3) is 5.50. The van der Waals surface area contributed by atoms with E-state index in [1.165, 1.54) is 40.9 Å². The van der Waals surface area contributed by atoms with Crippen LogP contribution in [0.1, 0.15) is 30.0 Å². The summed E-state index contributed by atoms with van der Waals surface area (Å²) in [5.74, 6) is -1.97. The van der Waals surface area contributed by atoms with Gasteiger partial charge in [-0.05, 0) is 48.7 Å². The Balaban J connectivity index is 1.37. The number of carboxylic acid groups (broad SMARTS) is 1. The summed E-state index contributed by atoms with van der Waals surface area (Å²) < 4.78 is 46.1. The Labute approximate surface area is 251 Å². The SMILES string of the molecule is CNC(=O)Nc1ccc2c(c1)CC[C@]21OC(=O)N(CC(=O)N(Cc2ccc(F)cc2)C2(C)CN(S(=O)(=O)NC(=O)O)C2)C1=O. The number of urea groups is 1. The minimum atomic E-state index is -4.40. The molecule has 3 aliphatic rings. The van der Waals surface area contributed by atoms with Crippen LogP contribution in [0.2, 0.25) is 0 Å². The van der Waals surface area contributed by atoms with E-state index in [9.17, 15) is 36.8 Å². The van der Waals surface area contributed by atoms with E-state index >= 15 is 0 Å². The number of hydrogen-bond acceptors (Lipinski definition) is 8. The summed E-state index contributed by atoms with van der Waals surface area (Å²) in [7, 11) is -2.93. The maximum Gasteiger partial charge on any atom is 0.419 e. The predicted octanol–water partition coefficient (Wildman–Crippen LogP) is 1.31. The van der Waals surface area contributed by atoms with E-state index in [4.69, 9.17) is 9.84 Å². The van der Waals surface area contributed by atoms with Gasteiger partial charge in [-0.15, -0.1) is 0 Å². The van der Waals surface area contributed by atoms with Gasteiger partial charge in [0.15, 0.2) is 0 Å². The molecule has 2 heterocycles. The van der Waals surface area contributed by atoms with E-state index in [1.807, 2.05) is 0 Å². The molecule has 44 heavy (non-hydrogen) atoms. The van der Waals surface area contributed by atoms with Gasteiger partial charge in [-0.3, -0.25) is 9.59 Å². The van der Waals surface area contributed by atoms with E-state index < -0.39 is 63.7 Å². The number of fused-ring (bicyclic) bond motifs is 2. The highest BCUT2D eigenvalue weighted by molar-refractivity contribution is 7.87. The van der Waals surface area contributed by atoms with Crippen LogP contribution in [0.5, 0.6) is 0 Å². The number of anilines is 1. The first-order valence-electron chi connectivity index (χ1n) is 13.4. The van der Waals surface area contributed by atoms with E-state index in [0.29, 0.717) is 33.7 Å². The number of nitrogens with zero attached hydrogens (tertiary/aromatic N) is 3. The maximum atomic E-state index is 13.8. The molecule has 5 rings (SSSR count). The Bertz CT molecular complexity index is 1660. The normalized spacial score (nSPS) is 20.5. The third-order valence-corrected chi connectivity index (χ3v) is 9.30. The molecule has 2 saturated heterocycles. The van der Waals surface area contributed by atoms with Gasteiger partial charge in [0.1, 0.15) is 12.4 Å². The van der Waals surface area contributed by atoms with Crippen LogP contribution in [0.25, 0.3) is 0 Å². The number of carbonyl (C=O) groups excluding carboxylic acids is 4. The highest BCUT2D eigenvalue weighted by Gasteiger charge is 2.59. The highest BCUT2D eigenvalue weighted by Crippen LogP contribution is 2.46. The zero-order chi connectivity index (χ0) is 32.0. The summed E-state index contributed by atoms with van der Waals surface area (Å²) in [5.41, 5.74) is -0.726. The molecule has 2 aromatic carbocycles. The molecule has 2 aliphatic heterocycles. The molecule has 0 unspecified atom stereocenters. The molecule has 1 atom stereocenters. The largest absolute Gasteiger partial charge is 0.464 e. The predicted molar refractivity (Wildman–Crippen MR) is 150 cm³/mol. The van der Waals surface area contributed by atoms with Crippen LogP contribution >= 0.6 is 0 Å². The van der Waals surface area contributed by atoms with Gasteiger partial charge in [0.25, 0.3) is 5.91 Å². The molecule has 0 bridgehead atoms. The fraction of sp³-hybridized carbons (Fsp3) is 0.370. The van der Waals surface area contributed by atoms with Crippen molar-refractivity contribution in [2.75, 3.05) is 32.0 Å². The topological polar surface area (TPSA) is 195 Å². The minimum absolute atomic E-state index is 0.123. The summed E-state index contributed by atoms with van der Waals surface area (Å²) in [6.07, 6.45) is -2.31. The first kappa shape index (κ1) is 30.7. The van der Waals surface area contributed by atoms with Crippen LogP contribution < -0.4 is 15.4 Å². The van der Waals surface area contributed by atoms with Crippen LogP contribution in [-0.2, 0) is 43.1 Å². The van der Waals surface area contributed by atoms with Gasteiger partial charge in [-0.2, -0.15) is 12.7 Å². The fourth-order valence-corrected chi connectivity index (χ4v) is 6.97. The Morgan fingerprint density at radius 2 is 1.80 bits per heavy atom. The van der Waals surface area contributed by atoms with Crippen LogP contribution in [0.3, 0.4) is 0 Å².